The van der Waals surface area contributed by atoms with Crippen LogP contribution < -0.4 is 0 Å². The number of hydrogen-bond acceptors (Lipinski definition) is 5. The highest BCUT2D eigenvalue weighted by Gasteiger charge is 2.26. The predicted molar refractivity (Wildman–Crippen MR) is 99.1 cm³/mol. The average Bonchev–Trinajstić information content (AvgIpc) is 2.99. The van der Waals surface area contributed by atoms with E-state index in [1.165, 1.54) is 18.2 Å². The van der Waals surface area contributed by atoms with Gasteiger partial charge in [-0.3, -0.25) is 20.0 Å². The Morgan fingerprint density at radius 1 is 1.42 bits per heavy atom. The van der Waals surface area contributed by atoms with Crippen molar-refractivity contribution in [1.29, 1.82) is 0 Å². The van der Waals surface area contributed by atoms with Crippen molar-refractivity contribution in [2.24, 2.45) is 7.05 Å². The molecule has 1 atom stereocenters. The zero-order valence-electron chi connectivity index (χ0n) is 14.3. The van der Waals surface area contributed by atoms with Crippen molar-refractivity contribution in [3.05, 3.63) is 56.6 Å². The van der Waals surface area contributed by atoms with E-state index in [-0.39, 0.29) is 17.5 Å². The van der Waals surface area contributed by atoms with Gasteiger partial charge in [0.25, 0.3) is 5.69 Å². The largest absolute Gasteiger partial charge is 0.338 e. The van der Waals surface area contributed by atoms with E-state index in [0.717, 1.165) is 24.2 Å². The number of likely N-dealkylation sites (tertiary alicyclic amines) is 1. The van der Waals surface area contributed by atoms with Crippen LogP contribution in [0.25, 0.3) is 6.08 Å². The van der Waals surface area contributed by atoms with Crippen molar-refractivity contribution < 1.29 is 9.72 Å². The van der Waals surface area contributed by atoms with Gasteiger partial charge in [-0.05, 0) is 48.8 Å². The van der Waals surface area contributed by atoms with Gasteiger partial charge in [-0.25, -0.2) is 0 Å². The number of nitro groups is 1. The molecular weight excluding hydrogens is 354 g/mol. The summed E-state index contributed by atoms with van der Waals surface area (Å²) in [4.78, 5) is 24.5. The number of benzene rings is 1. The zero-order chi connectivity index (χ0) is 18.7. The lowest BCUT2D eigenvalue weighted by Gasteiger charge is -2.31. The first-order valence-corrected chi connectivity index (χ1v) is 8.69. The predicted octanol–water partition coefficient (Wildman–Crippen LogP) is 2.81. The zero-order valence-corrected chi connectivity index (χ0v) is 15.1. The molecule has 2 heterocycles. The normalized spacial score (nSPS) is 17.6. The number of H-pyrrole nitrogens is 1. The molecule has 1 saturated heterocycles. The second-order valence-corrected chi connectivity index (χ2v) is 6.64. The number of aromatic nitrogens is 3. The number of nitrogens with one attached hydrogen (secondary N) is 1. The highest BCUT2D eigenvalue weighted by atomic mass is 32.1. The SMILES string of the molecule is Cn1c(C2CCCN(C(=O)C=Cc3ccc([N+](=O)[O-])cc3)C2)n[nH]c1=S. The molecule has 0 saturated carbocycles. The molecule has 3 rings (SSSR count). The van der Waals surface area contributed by atoms with Crippen molar-refractivity contribution >= 4 is 29.9 Å². The van der Waals surface area contributed by atoms with Crippen LogP contribution in [0.15, 0.2) is 30.3 Å². The van der Waals surface area contributed by atoms with E-state index in [9.17, 15) is 14.9 Å². The number of nitro benzene ring substituents is 1. The maximum absolute atomic E-state index is 12.5. The van der Waals surface area contributed by atoms with Crippen molar-refractivity contribution in [3.8, 4) is 0 Å². The number of nitrogens with zero attached hydrogens (tertiary/aromatic N) is 4. The first-order valence-electron chi connectivity index (χ1n) is 8.28. The molecule has 1 fully saturated rings. The standard InChI is InChI=1S/C17H19N5O3S/c1-20-16(18-19-17(20)26)13-3-2-10-21(11-13)15(23)9-6-12-4-7-14(8-5-12)22(24)25/h4-9,13H,2-3,10-11H2,1H3,(H,19,26). The van der Waals surface area contributed by atoms with Crippen molar-refractivity contribution in [1.82, 2.24) is 19.7 Å². The quantitative estimate of drug-likeness (QED) is 0.385. The molecule has 2 aromatic rings. The van der Waals surface area contributed by atoms with Crippen LogP contribution in [0.3, 0.4) is 0 Å². The molecule has 0 bridgehead atoms. The fourth-order valence-electron chi connectivity index (χ4n) is 3.09. The Balaban J connectivity index is 1.66. The van der Waals surface area contributed by atoms with Crippen LogP contribution in [-0.4, -0.2) is 43.6 Å². The van der Waals surface area contributed by atoms with Crippen molar-refractivity contribution in [2.75, 3.05) is 13.1 Å². The number of rotatable bonds is 4. The highest BCUT2D eigenvalue weighted by Crippen LogP contribution is 2.25. The summed E-state index contributed by atoms with van der Waals surface area (Å²) in [5.41, 5.74) is 0.771. The summed E-state index contributed by atoms with van der Waals surface area (Å²) in [6, 6.07) is 6.08. The third-order valence-corrected chi connectivity index (χ3v) is 4.90. The Bertz CT molecular complexity index is 900. The molecule has 9 heteroatoms. The first kappa shape index (κ1) is 18.0. The Morgan fingerprint density at radius 3 is 2.77 bits per heavy atom. The van der Waals surface area contributed by atoms with E-state index in [1.807, 2.05) is 11.6 Å². The van der Waals surface area contributed by atoms with Gasteiger partial charge >= 0.3 is 0 Å². The van der Waals surface area contributed by atoms with Crippen LogP contribution >= 0.6 is 12.2 Å². The summed E-state index contributed by atoms with van der Waals surface area (Å²) < 4.78 is 2.42. The number of hydrogen-bond donors (Lipinski definition) is 1. The lowest BCUT2D eigenvalue weighted by atomic mass is 9.97. The summed E-state index contributed by atoms with van der Waals surface area (Å²) in [7, 11) is 1.87. The second-order valence-electron chi connectivity index (χ2n) is 6.25. The van der Waals surface area contributed by atoms with E-state index in [4.69, 9.17) is 12.2 Å². The fraction of sp³-hybridized carbons (Fsp3) is 0.353. The van der Waals surface area contributed by atoms with Crippen LogP contribution in [0.1, 0.15) is 30.1 Å². The van der Waals surface area contributed by atoms with Gasteiger partial charge in [0, 0.05) is 44.3 Å². The molecule has 1 amide bonds. The van der Waals surface area contributed by atoms with Gasteiger partial charge in [0.2, 0.25) is 5.91 Å². The molecule has 1 N–H and O–H groups in total. The molecule has 136 valence electrons. The van der Waals surface area contributed by atoms with Crippen LogP contribution in [-0.2, 0) is 11.8 Å². The topological polar surface area (TPSA) is 97.1 Å². The molecule has 1 aromatic carbocycles. The number of carbonyl (C=O) groups is 1. The van der Waals surface area contributed by atoms with Gasteiger partial charge in [0.15, 0.2) is 4.77 Å². The van der Waals surface area contributed by atoms with E-state index >= 15 is 0 Å². The van der Waals surface area contributed by atoms with Crippen LogP contribution in [0, 0.1) is 14.9 Å². The Kier molecular flexibility index (Phi) is 5.27. The maximum Gasteiger partial charge on any atom is 0.269 e. The molecule has 8 nitrogen and oxygen atoms in total. The van der Waals surface area contributed by atoms with Crippen molar-refractivity contribution in [2.45, 2.75) is 18.8 Å². The highest BCUT2D eigenvalue weighted by molar-refractivity contribution is 7.71. The molecule has 1 unspecified atom stereocenters. The van der Waals surface area contributed by atoms with Gasteiger partial charge in [0.1, 0.15) is 5.82 Å². The van der Waals surface area contributed by atoms with Crippen LogP contribution in [0.5, 0.6) is 0 Å². The summed E-state index contributed by atoms with van der Waals surface area (Å²) in [5, 5.41) is 17.7. The molecular formula is C17H19N5O3S. The molecule has 0 radical (unpaired) electrons. The Morgan fingerprint density at radius 2 is 2.15 bits per heavy atom. The minimum absolute atomic E-state index is 0.0281. The molecule has 1 aromatic heterocycles. The molecule has 1 aliphatic heterocycles. The van der Waals surface area contributed by atoms with Gasteiger partial charge in [-0.1, -0.05) is 0 Å². The van der Waals surface area contributed by atoms with E-state index < -0.39 is 4.92 Å². The van der Waals surface area contributed by atoms with Crippen LogP contribution in [0.4, 0.5) is 5.69 Å². The van der Waals surface area contributed by atoms with Crippen LogP contribution in [0.2, 0.25) is 0 Å². The number of amides is 1. The summed E-state index contributed by atoms with van der Waals surface area (Å²) >= 11 is 5.16. The lowest BCUT2D eigenvalue weighted by Crippen LogP contribution is -2.38. The monoisotopic (exact) mass is 373 g/mol. The summed E-state index contributed by atoms with van der Waals surface area (Å²) in [6.07, 6.45) is 5.04. The third kappa shape index (κ3) is 3.88. The molecule has 0 aliphatic carbocycles. The molecule has 0 spiro atoms. The number of non-ortho nitro benzene ring substituents is 1. The van der Waals surface area contributed by atoms with Gasteiger partial charge < -0.3 is 9.47 Å². The van der Waals surface area contributed by atoms with Gasteiger partial charge in [-0.15, -0.1) is 0 Å². The third-order valence-electron chi connectivity index (χ3n) is 4.53. The smallest absolute Gasteiger partial charge is 0.269 e. The van der Waals surface area contributed by atoms with E-state index in [0.29, 0.717) is 17.9 Å². The molecule has 1 aliphatic rings. The summed E-state index contributed by atoms with van der Waals surface area (Å²) in [6.45, 7) is 1.30. The fourth-order valence-corrected chi connectivity index (χ4v) is 3.23. The maximum atomic E-state index is 12.5. The lowest BCUT2D eigenvalue weighted by molar-refractivity contribution is -0.384. The van der Waals surface area contributed by atoms with E-state index in [1.54, 1.807) is 23.1 Å². The minimum atomic E-state index is -0.449. The van der Waals surface area contributed by atoms with E-state index in [2.05, 4.69) is 10.2 Å². The van der Waals surface area contributed by atoms with Gasteiger partial charge in [0.05, 0.1) is 4.92 Å². The second kappa shape index (κ2) is 7.61. The first-order chi connectivity index (χ1) is 12.5. The molecule has 26 heavy (non-hydrogen) atoms. The number of aromatic amines is 1. The minimum Gasteiger partial charge on any atom is -0.338 e. The number of piperidine rings is 1. The average molecular weight is 373 g/mol. The summed E-state index contributed by atoms with van der Waals surface area (Å²) in [5.74, 6) is 0.940. The Hall–Kier alpha value is -2.81. The Labute approximate surface area is 155 Å². The van der Waals surface area contributed by atoms with Crippen molar-refractivity contribution in [3.63, 3.8) is 0 Å². The number of carbonyl (C=O) groups excluding carboxylic acids is 1. The van der Waals surface area contributed by atoms with Gasteiger partial charge in [-0.2, -0.15) is 5.10 Å².